The lowest BCUT2D eigenvalue weighted by Gasteiger charge is -2.25. The number of hydrogen-bond acceptors (Lipinski definition) is 5. The van der Waals surface area contributed by atoms with Crippen LogP contribution in [0, 0.1) is 0 Å². The highest BCUT2D eigenvalue weighted by atomic mass is 35.5. The number of nitrogen functional groups attached to an aromatic ring is 1. The van der Waals surface area contributed by atoms with Crippen molar-refractivity contribution in [2.45, 2.75) is 25.2 Å². The third-order valence-corrected chi connectivity index (χ3v) is 4.32. The van der Waals surface area contributed by atoms with Crippen LogP contribution >= 0.6 is 12.4 Å². The zero-order valence-electron chi connectivity index (χ0n) is 13.9. The smallest absolute Gasteiger partial charge is 0.337 e. The van der Waals surface area contributed by atoms with Gasteiger partial charge in [0.2, 0.25) is 0 Å². The quantitative estimate of drug-likeness (QED) is 0.514. The molecule has 6 heteroatoms. The Kier molecular flexibility index (Phi) is 6.04. The monoisotopic (exact) mass is 361 g/mol. The number of carbonyl (C=O) groups is 2. The van der Waals surface area contributed by atoms with Crippen molar-refractivity contribution in [2.75, 3.05) is 12.8 Å². The summed E-state index contributed by atoms with van der Waals surface area (Å²) in [7, 11) is 1.32. The van der Waals surface area contributed by atoms with Crippen molar-refractivity contribution in [3.8, 4) is 5.75 Å². The Morgan fingerprint density at radius 1 is 1.12 bits per heavy atom. The Bertz CT molecular complexity index is 773. The first-order valence-corrected chi connectivity index (χ1v) is 7.87. The Labute approximate surface area is 152 Å². The molecule has 3 rings (SSSR count). The van der Waals surface area contributed by atoms with Crippen molar-refractivity contribution in [2.24, 2.45) is 0 Å². The van der Waals surface area contributed by atoms with Crippen molar-refractivity contribution < 1.29 is 19.1 Å². The van der Waals surface area contributed by atoms with Gasteiger partial charge < -0.3 is 15.2 Å². The Balaban J connectivity index is 0.00000225. The van der Waals surface area contributed by atoms with Crippen LogP contribution in [0.5, 0.6) is 5.75 Å². The molecular formula is C19H20ClNO4. The van der Waals surface area contributed by atoms with E-state index in [2.05, 4.69) is 4.74 Å². The van der Waals surface area contributed by atoms with Gasteiger partial charge in [-0.2, -0.15) is 0 Å². The van der Waals surface area contributed by atoms with Gasteiger partial charge in [0.05, 0.1) is 18.6 Å². The summed E-state index contributed by atoms with van der Waals surface area (Å²) in [5.74, 6) is -0.627. The summed E-state index contributed by atoms with van der Waals surface area (Å²) >= 11 is 0. The van der Waals surface area contributed by atoms with Crippen molar-refractivity contribution in [1.29, 1.82) is 0 Å². The highest BCUT2D eigenvalue weighted by Crippen LogP contribution is 2.35. The molecule has 2 N–H and O–H groups in total. The van der Waals surface area contributed by atoms with Gasteiger partial charge in [0.25, 0.3) is 0 Å². The lowest BCUT2D eigenvalue weighted by Crippen LogP contribution is -2.23. The second kappa shape index (κ2) is 8.03. The minimum atomic E-state index is -0.426. The number of anilines is 1. The van der Waals surface area contributed by atoms with Crippen molar-refractivity contribution in [3.05, 3.63) is 59.2 Å². The van der Waals surface area contributed by atoms with Gasteiger partial charge in [-0.15, -0.1) is 12.4 Å². The largest absolute Gasteiger partial charge is 0.465 e. The number of ether oxygens (including phenoxy) is 2. The standard InChI is InChI=1S/C19H19NO4.ClH/c1-23-18(21)12-8-10-13(11-9-12)24-19(22)16-6-2-5-15-14(16)4-3-7-17(15)20;/h3-4,7-11,16H,2,5-6,20H2,1H3;1H. The first-order valence-electron chi connectivity index (χ1n) is 7.87. The van der Waals surface area contributed by atoms with Gasteiger partial charge in [-0.05, 0) is 60.7 Å². The second-order valence-electron chi connectivity index (χ2n) is 5.80. The zero-order valence-corrected chi connectivity index (χ0v) is 14.7. The van der Waals surface area contributed by atoms with E-state index in [9.17, 15) is 9.59 Å². The summed E-state index contributed by atoms with van der Waals surface area (Å²) in [6.07, 6.45) is 2.54. The molecule has 0 heterocycles. The maximum atomic E-state index is 12.6. The summed E-state index contributed by atoms with van der Waals surface area (Å²) in [6, 6.07) is 12.0. The van der Waals surface area contributed by atoms with Crippen LogP contribution in [-0.4, -0.2) is 19.0 Å². The Morgan fingerprint density at radius 3 is 2.52 bits per heavy atom. The van der Waals surface area contributed by atoms with Gasteiger partial charge in [-0.25, -0.2) is 4.79 Å². The van der Waals surface area contributed by atoms with E-state index in [1.165, 1.54) is 7.11 Å². The molecule has 2 aromatic carbocycles. The molecule has 0 spiro atoms. The summed E-state index contributed by atoms with van der Waals surface area (Å²) in [5, 5.41) is 0. The molecule has 0 fully saturated rings. The molecule has 25 heavy (non-hydrogen) atoms. The minimum Gasteiger partial charge on any atom is -0.465 e. The topological polar surface area (TPSA) is 78.6 Å². The molecule has 1 aliphatic carbocycles. The summed E-state index contributed by atoms with van der Waals surface area (Å²) in [4.78, 5) is 24.0. The van der Waals surface area contributed by atoms with E-state index in [0.717, 1.165) is 36.1 Å². The first kappa shape index (κ1) is 18.8. The van der Waals surface area contributed by atoms with Gasteiger partial charge in [-0.3, -0.25) is 4.79 Å². The molecule has 1 atom stereocenters. The van der Waals surface area contributed by atoms with E-state index in [4.69, 9.17) is 10.5 Å². The number of carbonyl (C=O) groups excluding carboxylic acids is 2. The third kappa shape index (κ3) is 3.94. The molecule has 0 aromatic heterocycles. The SMILES string of the molecule is COC(=O)c1ccc(OC(=O)C2CCCc3c(N)cccc32)cc1.Cl. The molecule has 1 unspecified atom stereocenters. The van der Waals surface area contributed by atoms with Gasteiger partial charge in [0.1, 0.15) is 5.75 Å². The molecular weight excluding hydrogens is 342 g/mol. The van der Waals surface area contributed by atoms with Crippen LogP contribution < -0.4 is 10.5 Å². The number of fused-ring (bicyclic) bond motifs is 1. The van der Waals surface area contributed by atoms with Gasteiger partial charge >= 0.3 is 11.9 Å². The number of nitrogens with two attached hydrogens (primary N) is 1. The summed E-state index contributed by atoms with van der Waals surface area (Å²) in [5.41, 5.74) is 9.16. The van der Waals surface area contributed by atoms with Gasteiger partial charge in [0, 0.05) is 5.69 Å². The lowest BCUT2D eigenvalue weighted by molar-refractivity contribution is -0.136. The van der Waals surface area contributed by atoms with E-state index in [1.54, 1.807) is 24.3 Å². The number of esters is 2. The maximum absolute atomic E-state index is 12.6. The van der Waals surface area contributed by atoms with Crippen LogP contribution in [0.15, 0.2) is 42.5 Å². The molecule has 0 saturated heterocycles. The summed E-state index contributed by atoms with van der Waals surface area (Å²) in [6.45, 7) is 0. The molecule has 5 nitrogen and oxygen atoms in total. The summed E-state index contributed by atoms with van der Waals surface area (Å²) < 4.78 is 10.1. The molecule has 0 saturated carbocycles. The number of hydrogen-bond donors (Lipinski definition) is 1. The fourth-order valence-corrected chi connectivity index (χ4v) is 3.09. The van der Waals surface area contributed by atoms with Crippen molar-refractivity contribution in [1.82, 2.24) is 0 Å². The van der Waals surface area contributed by atoms with Crippen LogP contribution in [0.25, 0.3) is 0 Å². The van der Waals surface area contributed by atoms with Crippen LogP contribution in [0.2, 0.25) is 0 Å². The highest BCUT2D eigenvalue weighted by molar-refractivity contribution is 5.89. The number of rotatable bonds is 3. The third-order valence-electron chi connectivity index (χ3n) is 4.32. The second-order valence-corrected chi connectivity index (χ2v) is 5.80. The molecule has 0 amide bonds. The van der Waals surface area contributed by atoms with Crippen LogP contribution in [0.4, 0.5) is 5.69 Å². The van der Waals surface area contributed by atoms with E-state index in [0.29, 0.717) is 11.3 Å². The molecule has 0 radical (unpaired) electrons. The van der Waals surface area contributed by atoms with Crippen LogP contribution in [-0.2, 0) is 16.0 Å². The lowest BCUT2D eigenvalue weighted by atomic mass is 9.82. The molecule has 2 aromatic rings. The van der Waals surface area contributed by atoms with Crippen LogP contribution in [0.1, 0.15) is 40.2 Å². The van der Waals surface area contributed by atoms with Crippen LogP contribution in [0.3, 0.4) is 0 Å². The fourth-order valence-electron chi connectivity index (χ4n) is 3.09. The zero-order chi connectivity index (χ0) is 17.1. The van der Waals surface area contributed by atoms with E-state index in [-0.39, 0.29) is 24.3 Å². The molecule has 1 aliphatic rings. The number of benzene rings is 2. The fraction of sp³-hybridized carbons (Fsp3) is 0.263. The maximum Gasteiger partial charge on any atom is 0.337 e. The van der Waals surface area contributed by atoms with Crippen molar-refractivity contribution in [3.63, 3.8) is 0 Å². The number of methoxy groups -OCH3 is 1. The normalized spacial score (nSPS) is 15.5. The minimum absolute atomic E-state index is 0. The van der Waals surface area contributed by atoms with E-state index >= 15 is 0 Å². The van der Waals surface area contributed by atoms with Crippen molar-refractivity contribution >= 4 is 30.0 Å². The van der Waals surface area contributed by atoms with Gasteiger partial charge in [0.15, 0.2) is 0 Å². The molecule has 132 valence electrons. The predicted octanol–water partition coefficient (Wildman–Crippen LogP) is 3.50. The Morgan fingerprint density at radius 2 is 1.84 bits per heavy atom. The van der Waals surface area contributed by atoms with E-state index < -0.39 is 5.97 Å². The molecule has 0 aliphatic heterocycles. The first-order chi connectivity index (χ1) is 11.6. The average Bonchev–Trinajstić information content (AvgIpc) is 2.61. The van der Waals surface area contributed by atoms with Gasteiger partial charge in [-0.1, -0.05) is 12.1 Å². The predicted molar refractivity (Wildman–Crippen MR) is 97.2 cm³/mol. The molecule has 0 bridgehead atoms. The number of halogens is 1. The Hall–Kier alpha value is -2.53. The average molecular weight is 362 g/mol. The van der Waals surface area contributed by atoms with E-state index in [1.807, 2.05) is 18.2 Å². The highest BCUT2D eigenvalue weighted by Gasteiger charge is 2.29.